The third kappa shape index (κ3) is 3.90. The normalized spacial score (nSPS) is 14.7. The molecule has 4 rings (SSSR count). The summed E-state index contributed by atoms with van der Waals surface area (Å²) >= 11 is 0. The predicted molar refractivity (Wildman–Crippen MR) is 101 cm³/mol. The van der Waals surface area contributed by atoms with Gasteiger partial charge in [-0.2, -0.15) is 4.31 Å². The topological polar surface area (TPSA) is 77.3 Å². The number of benzene rings is 1. The van der Waals surface area contributed by atoms with Gasteiger partial charge < -0.3 is 9.30 Å². The zero-order valence-electron chi connectivity index (χ0n) is 15.6. The first-order valence-corrected chi connectivity index (χ1v) is 10.5. The van der Waals surface area contributed by atoms with Crippen molar-refractivity contribution < 1.29 is 26.3 Å². The fourth-order valence-corrected chi connectivity index (χ4v) is 4.76. The average molecular weight is 438 g/mol. The molecule has 0 N–H and O–H groups in total. The molecule has 158 valence electrons. The lowest BCUT2D eigenvalue weighted by molar-refractivity contribution is 0.0778. The number of hydrogen-bond acceptors (Lipinski definition) is 5. The van der Waals surface area contributed by atoms with Crippen molar-refractivity contribution in [1.29, 1.82) is 0 Å². The van der Waals surface area contributed by atoms with Gasteiger partial charge in [0.15, 0.2) is 6.61 Å². The molecule has 0 atom stereocenters. The smallest absolute Gasteiger partial charge is 0.272 e. The van der Waals surface area contributed by atoms with E-state index in [4.69, 9.17) is 4.74 Å². The Labute approximate surface area is 170 Å². The van der Waals surface area contributed by atoms with Crippen LogP contribution in [0.3, 0.4) is 0 Å². The molecule has 0 aliphatic carbocycles. The molecular formula is C19H17F3N4O3S. The van der Waals surface area contributed by atoms with Gasteiger partial charge in [-0.05, 0) is 36.4 Å². The van der Waals surface area contributed by atoms with Crippen molar-refractivity contribution in [2.45, 2.75) is 24.3 Å². The second-order valence-corrected chi connectivity index (χ2v) is 8.49. The van der Waals surface area contributed by atoms with Crippen LogP contribution in [-0.2, 0) is 23.0 Å². The summed E-state index contributed by atoms with van der Waals surface area (Å²) in [6.07, 6.45) is 0.461. The maximum absolute atomic E-state index is 13.2. The summed E-state index contributed by atoms with van der Waals surface area (Å²) in [6.45, 7) is -0.786. The molecule has 7 nitrogen and oxygen atoms in total. The van der Waals surface area contributed by atoms with E-state index in [1.807, 2.05) is 0 Å². The van der Waals surface area contributed by atoms with Gasteiger partial charge in [0, 0.05) is 30.5 Å². The predicted octanol–water partition coefficient (Wildman–Crippen LogP) is 2.80. The maximum Gasteiger partial charge on any atom is 0.272 e. The lowest BCUT2D eigenvalue weighted by atomic mass is 10.1. The highest BCUT2D eigenvalue weighted by atomic mass is 32.2. The Hall–Kier alpha value is -2.92. The Morgan fingerprint density at radius 3 is 2.63 bits per heavy atom. The molecule has 30 heavy (non-hydrogen) atoms. The SMILES string of the molecule is O=S(=O)(c1cccnc1OCC(F)F)N1CCc2c(ncn2-c2ccc(F)cc2)C1. The Balaban J connectivity index is 1.60. The van der Waals surface area contributed by atoms with Crippen LogP contribution < -0.4 is 4.74 Å². The molecule has 2 aromatic heterocycles. The zero-order valence-corrected chi connectivity index (χ0v) is 16.4. The van der Waals surface area contributed by atoms with Crippen molar-refractivity contribution in [1.82, 2.24) is 18.8 Å². The minimum atomic E-state index is -4.04. The van der Waals surface area contributed by atoms with Gasteiger partial charge in [0.2, 0.25) is 15.9 Å². The van der Waals surface area contributed by atoms with Crippen LogP contribution in [-0.4, -0.2) is 46.8 Å². The highest BCUT2D eigenvalue weighted by Crippen LogP contribution is 2.29. The monoisotopic (exact) mass is 438 g/mol. The molecule has 0 radical (unpaired) electrons. The number of sulfonamides is 1. The van der Waals surface area contributed by atoms with Gasteiger partial charge in [-0.25, -0.2) is 31.6 Å². The average Bonchev–Trinajstić information content (AvgIpc) is 3.16. The Bertz CT molecular complexity index is 1150. The molecule has 3 aromatic rings. The van der Waals surface area contributed by atoms with Crippen LogP contribution in [0.5, 0.6) is 5.88 Å². The van der Waals surface area contributed by atoms with Gasteiger partial charge in [0.1, 0.15) is 10.7 Å². The van der Waals surface area contributed by atoms with Crippen LogP contribution in [0.2, 0.25) is 0 Å². The van der Waals surface area contributed by atoms with Crippen molar-refractivity contribution in [3.63, 3.8) is 0 Å². The van der Waals surface area contributed by atoms with E-state index >= 15 is 0 Å². The van der Waals surface area contributed by atoms with Crippen molar-refractivity contribution in [2.24, 2.45) is 0 Å². The lowest BCUT2D eigenvalue weighted by Gasteiger charge is -2.27. The number of halogens is 3. The van der Waals surface area contributed by atoms with Gasteiger partial charge in [0.05, 0.1) is 18.6 Å². The second kappa shape index (κ2) is 8.07. The van der Waals surface area contributed by atoms with Gasteiger partial charge in [-0.3, -0.25) is 0 Å². The van der Waals surface area contributed by atoms with Gasteiger partial charge >= 0.3 is 0 Å². The summed E-state index contributed by atoms with van der Waals surface area (Å²) in [4.78, 5) is 7.84. The first-order valence-electron chi connectivity index (χ1n) is 9.03. The number of aromatic nitrogens is 3. The van der Waals surface area contributed by atoms with Crippen molar-refractivity contribution in [3.8, 4) is 11.6 Å². The molecule has 1 aliphatic heterocycles. The van der Waals surface area contributed by atoms with E-state index in [1.165, 1.54) is 34.8 Å². The molecule has 0 saturated carbocycles. The first kappa shape index (κ1) is 20.4. The number of fused-ring (bicyclic) bond motifs is 1. The summed E-state index contributed by atoms with van der Waals surface area (Å²) in [7, 11) is -4.04. The fraction of sp³-hybridized carbons (Fsp3) is 0.263. The van der Waals surface area contributed by atoms with E-state index in [9.17, 15) is 21.6 Å². The summed E-state index contributed by atoms with van der Waals surface area (Å²) in [5.74, 6) is -0.716. The molecule has 3 heterocycles. The minimum absolute atomic E-state index is 0.00897. The number of hydrogen-bond donors (Lipinski definition) is 0. The quantitative estimate of drug-likeness (QED) is 0.592. The van der Waals surface area contributed by atoms with Gasteiger partial charge in [-0.15, -0.1) is 0 Å². The lowest BCUT2D eigenvalue weighted by Crippen LogP contribution is -2.36. The van der Waals surface area contributed by atoms with Crippen LogP contribution in [0.1, 0.15) is 11.4 Å². The Kier molecular flexibility index (Phi) is 5.48. The van der Waals surface area contributed by atoms with E-state index in [0.717, 1.165) is 11.4 Å². The standard InChI is InChI=1S/C19H17F3N4O3S/c20-13-3-5-14(6-4-13)26-12-24-15-10-25(9-7-16(15)26)30(27,28)17-2-1-8-23-19(17)29-11-18(21)22/h1-6,8,12,18H,7,9-11H2. The van der Waals surface area contributed by atoms with E-state index in [-0.39, 0.29) is 29.7 Å². The Morgan fingerprint density at radius 2 is 1.90 bits per heavy atom. The van der Waals surface area contributed by atoms with Crippen LogP contribution in [0.15, 0.2) is 53.8 Å². The van der Waals surface area contributed by atoms with Crippen LogP contribution in [0.25, 0.3) is 5.69 Å². The molecule has 0 saturated heterocycles. The zero-order chi connectivity index (χ0) is 21.3. The highest BCUT2D eigenvalue weighted by molar-refractivity contribution is 7.89. The molecule has 1 aliphatic rings. The van der Waals surface area contributed by atoms with Gasteiger partial charge in [0.25, 0.3) is 6.43 Å². The third-order valence-electron chi connectivity index (χ3n) is 4.68. The molecule has 1 aromatic carbocycles. The van der Waals surface area contributed by atoms with Crippen LogP contribution in [0, 0.1) is 5.82 Å². The van der Waals surface area contributed by atoms with E-state index in [1.54, 1.807) is 23.0 Å². The number of pyridine rings is 1. The Morgan fingerprint density at radius 1 is 1.13 bits per heavy atom. The van der Waals surface area contributed by atoms with Crippen molar-refractivity contribution in [2.75, 3.05) is 13.2 Å². The largest absolute Gasteiger partial charge is 0.471 e. The number of ether oxygens (including phenoxy) is 1. The molecule has 0 amide bonds. The fourth-order valence-electron chi connectivity index (χ4n) is 3.28. The minimum Gasteiger partial charge on any atom is -0.471 e. The van der Waals surface area contributed by atoms with E-state index in [0.29, 0.717) is 12.1 Å². The van der Waals surface area contributed by atoms with Crippen molar-refractivity contribution in [3.05, 3.63) is 66.1 Å². The first-order chi connectivity index (χ1) is 14.4. The van der Waals surface area contributed by atoms with Crippen LogP contribution >= 0.6 is 0 Å². The van der Waals surface area contributed by atoms with Gasteiger partial charge in [-0.1, -0.05) is 0 Å². The highest BCUT2D eigenvalue weighted by Gasteiger charge is 2.33. The van der Waals surface area contributed by atoms with E-state index < -0.39 is 23.1 Å². The second-order valence-electron chi connectivity index (χ2n) is 6.58. The molecule has 0 bridgehead atoms. The summed E-state index contributed by atoms with van der Waals surface area (Å²) in [5.41, 5.74) is 2.11. The summed E-state index contributed by atoms with van der Waals surface area (Å²) < 4.78 is 72.3. The van der Waals surface area contributed by atoms with E-state index in [2.05, 4.69) is 9.97 Å². The third-order valence-corrected chi connectivity index (χ3v) is 6.54. The number of nitrogens with zero attached hydrogens (tertiary/aromatic N) is 4. The number of alkyl halides is 2. The number of rotatable bonds is 6. The summed E-state index contributed by atoms with van der Waals surface area (Å²) in [6, 6.07) is 8.58. The maximum atomic E-state index is 13.2. The van der Waals surface area contributed by atoms with Crippen LogP contribution in [0.4, 0.5) is 13.2 Å². The molecule has 0 spiro atoms. The van der Waals surface area contributed by atoms with Crippen molar-refractivity contribution >= 4 is 10.0 Å². The summed E-state index contributed by atoms with van der Waals surface area (Å²) in [5, 5.41) is 0. The number of imidazole rings is 1. The molecule has 0 unspecified atom stereocenters. The molecular weight excluding hydrogens is 421 g/mol. The molecule has 0 fully saturated rings. The molecule has 11 heteroatoms.